The number of sulfonamides is 1. The first-order valence-corrected chi connectivity index (χ1v) is 10.4. The summed E-state index contributed by atoms with van der Waals surface area (Å²) in [5, 5.41) is 0. The largest absolute Gasteiger partial charge is 0.383 e. The van der Waals surface area contributed by atoms with Crippen molar-refractivity contribution in [2.45, 2.75) is 26.3 Å². The van der Waals surface area contributed by atoms with Crippen LogP contribution in [0.1, 0.15) is 25.3 Å². The molecule has 2 rings (SSSR count). The van der Waals surface area contributed by atoms with Crippen LogP contribution in [0, 0.1) is 5.92 Å². The SMILES string of the molecule is CCS(=O)(=O)N1CCC(C(=O)N(CCOC)Cc2ccccc2)CC1. The van der Waals surface area contributed by atoms with Crippen LogP contribution >= 0.6 is 0 Å². The van der Waals surface area contributed by atoms with Crippen LogP contribution in [0.4, 0.5) is 0 Å². The Morgan fingerprint density at radius 3 is 2.44 bits per heavy atom. The third-order valence-corrected chi connectivity index (χ3v) is 6.54. The molecule has 1 saturated heterocycles. The van der Waals surface area contributed by atoms with Crippen molar-refractivity contribution in [2.24, 2.45) is 5.92 Å². The van der Waals surface area contributed by atoms with Crippen LogP contribution in [-0.4, -0.2) is 62.6 Å². The van der Waals surface area contributed by atoms with Gasteiger partial charge in [-0.1, -0.05) is 30.3 Å². The Bertz CT molecular complexity index is 640. The van der Waals surface area contributed by atoms with Crippen molar-refractivity contribution in [1.29, 1.82) is 0 Å². The van der Waals surface area contributed by atoms with E-state index < -0.39 is 10.0 Å². The lowest BCUT2D eigenvalue weighted by Crippen LogP contribution is -2.45. The molecular weight excluding hydrogens is 340 g/mol. The Morgan fingerprint density at radius 1 is 1.24 bits per heavy atom. The topological polar surface area (TPSA) is 66.9 Å². The maximum Gasteiger partial charge on any atom is 0.226 e. The van der Waals surface area contributed by atoms with Gasteiger partial charge in [0.1, 0.15) is 0 Å². The molecule has 25 heavy (non-hydrogen) atoms. The predicted molar refractivity (Wildman–Crippen MR) is 97.5 cm³/mol. The second-order valence-electron chi connectivity index (χ2n) is 6.31. The van der Waals surface area contributed by atoms with Gasteiger partial charge in [-0.05, 0) is 25.3 Å². The highest BCUT2D eigenvalue weighted by Gasteiger charge is 2.32. The molecule has 0 radical (unpaired) electrons. The highest BCUT2D eigenvalue weighted by atomic mass is 32.2. The molecule has 0 atom stereocenters. The standard InChI is InChI=1S/C18H28N2O4S/c1-3-25(22,23)20-11-9-17(10-12-20)18(21)19(13-14-24-2)15-16-7-5-4-6-8-16/h4-8,17H,3,9-15H2,1-2H3. The summed E-state index contributed by atoms with van der Waals surface area (Å²) in [6.45, 7) is 4.08. The van der Waals surface area contributed by atoms with Crippen LogP contribution in [-0.2, 0) is 26.1 Å². The summed E-state index contributed by atoms with van der Waals surface area (Å²) in [4.78, 5) is 14.8. The summed E-state index contributed by atoms with van der Waals surface area (Å²) in [6, 6.07) is 9.88. The molecule has 1 amide bonds. The van der Waals surface area contributed by atoms with Crippen molar-refractivity contribution in [3.63, 3.8) is 0 Å². The fourth-order valence-corrected chi connectivity index (χ4v) is 4.23. The third-order valence-electron chi connectivity index (χ3n) is 4.65. The second kappa shape index (κ2) is 9.31. The van der Waals surface area contributed by atoms with Gasteiger partial charge in [-0.2, -0.15) is 0 Å². The van der Waals surface area contributed by atoms with E-state index in [9.17, 15) is 13.2 Å². The lowest BCUT2D eigenvalue weighted by molar-refractivity contribution is -0.138. The zero-order valence-corrected chi connectivity index (χ0v) is 15.9. The summed E-state index contributed by atoms with van der Waals surface area (Å²) in [7, 11) is -1.54. The molecule has 0 saturated carbocycles. The van der Waals surface area contributed by atoms with E-state index >= 15 is 0 Å². The van der Waals surface area contributed by atoms with Crippen LogP contribution in [0.15, 0.2) is 30.3 Å². The molecule has 1 fully saturated rings. The molecule has 1 aliphatic heterocycles. The number of methoxy groups -OCH3 is 1. The maximum absolute atomic E-state index is 12.9. The maximum atomic E-state index is 12.9. The van der Waals surface area contributed by atoms with E-state index in [1.54, 1.807) is 14.0 Å². The lowest BCUT2D eigenvalue weighted by Gasteiger charge is -2.33. The molecule has 0 bridgehead atoms. The Hall–Kier alpha value is -1.44. The van der Waals surface area contributed by atoms with Crippen LogP contribution in [0.25, 0.3) is 0 Å². The van der Waals surface area contributed by atoms with Crippen LogP contribution < -0.4 is 0 Å². The number of benzene rings is 1. The van der Waals surface area contributed by atoms with Gasteiger partial charge >= 0.3 is 0 Å². The fourth-order valence-electron chi connectivity index (χ4n) is 3.09. The van der Waals surface area contributed by atoms with Crippen molar-refractivity contribution < 1.29 is 17.9 Å². The number of piperidine rings is 1. The Kier molecular flexibility index (Phi) is 7.40. The Labute approximate surface area is 150 Å². The molecule has 1 aromatic rings. The highest BCUT2D eigenvalue weighted by Crippen LogP contribution is 2.22. The molecule has 6 nitrogen and oxygen atoms in total. The van der Waals surface area contributed by atoms with Gasteiger partial charge in [0, 0.05) is 39.2 Å². The van der Waals surface area contributed by atoms with Crippen molar-refractivity contribution in [2.75, 3.05) is 39.1 Å². The molecule has 0 spiro atoms. The number of carbonyl (C=O) groups is 1. The molecule has 0 N–H and O–H groups in total. The van der Waals surface area contributed by atoms with Gasteiger partial charge in [-0.3, -0.25) is 4.79 Å². The molecule has 0 unspecified atom stereocenters. The number of carbonyl (C=O) groups excluding carboxylic acids is 1. The quantitative estimate of drug-likeness (QED) is 0.701. The lowest BCUT2D eigenvalue weighted by atomic mass is 9.96. The van der Waals surface area contributed by atoms with Crippen molar-refractivity contribution in [3.8, 4) is 0 Å². The van der Waals surface area contributed by atoms with E-state index in [1.807, 2.05) is 35.2 Å². The van der Waals surface area contributed by atoms with Gasteiger partial charge in [0.05, 0.1) is 12.4 Å². The smallest absolute Gasteiger partial charge is 0.226 e. The van der Waals surface area contributed by atoms with Gasteiger partial charge < -0.3 is 9.64 Å². The molecule has 1 aliphatic rings. The Morgan fingerprint density at radius 2 is 1.88 bits per heavy atom. The zero-order valence-electron chi connectivity index (χ0n) is 15.1. The molecule has 140 valence electrons. The normalized spacial score (nSPS) is 16.7. The molecule has 0 aliphatic carbocycles. The van der Waals surface area contributed by atoms with Crippen LogP contribution in [0.5, 0.6) is 0 Å². The van der Waals surface area contributed by atoms with E-state index in [0.717, 1.165) is 5.56 Å². The number of hydrogen-bond acceptors (Lipinski definition) is 4. The predicted octanol–water partition coefficient (Wildman–Crippen LogP) is 1.72. The highest BCUT2D eigenvalue weighted by molar-refractivity contribution is 7.89. The average molecular weight is 368 g/mol. The number of hydrogen-bond donors (Lipinski definition) is 0. The average Bonchev–Trinajstić information content (AvgIpc) is 2.65. The van der Waals surface area contributed by atoms with E-state index in [2.05, 4.69) is 0 Å². The van der Waals surface area contributed by atoms with E-state index in [0.29, 0.717) is 45.6 Å². The minimum atomic E-state index is -3.16. The first-order valence-electron chi connectivity index (χ1n) is 8.77. The second-order valence-corrected chi connectivity index (χ2v) is 8.57. The molecule has 1 aromatic carbocycles. The molecular formula is C18H28N2O4S. The summed E-state index contributed by atoms with van der Waals surface area (Å²) in [5.74, 6) is 0.0814. The third kappa shape index (κ3) is 5.52. The monoisotopic (exact) mass is 368 g/mol. The number of rotatable bonds is 8. The first-order chi connectivity index (χ1) is 12.0. The van der Waals surface area contributed by atoms with Gasteiger partial charge in [0.2, 0.25) is 15.9 Å². The number of ether oxygens (including phenoxy) is 1. The molecule has 0 aromatic heterocycles. The van der Waals surface area contributed by atoms with Crippen molar-refractivity contribution in [3.05, 3.63) is 35.9 Å². The molecule has 7 heteroatoms. The fraction of sp³-hybridized carbons (Fsp3) is 0.611. The minimum Gasteiger partial charge on any atom is -0.383 e. The van der Waals surface area contributed by atoms with Gasteiger partial charge in [0.25, 0.3) is 0 Å². The van der Waals surface area contributed by atoms with E-state index in [-0.39, 0.29) is 17.6 Å². The van der Waals surface area contributed by atoms with Gasteiger partial charge in [-0.25, -0.2) is 12.7 Å². The Balaban J connectivity index is 1.99. The number of amides is 1. The van der Waals surface area contributed by atoms with Gasteiger partial charge in [0.15, 0.2) is 0 Å². The zero-order chi connectivity index (χ0) is 18.3. The summed E-state index contributed by atoms with van der Waals surface area (Å²) >= 11 is 0. The van der Waals surface area contributed by atoms with E-state index in [4.69, 9.17) is 4.74 Å². The first kappa shape index (κ1) is 19.9. The minimum absolute atomic E-state index is 0.0921. The van der Waals surface area contributed by atoms with Gasteiger partial charge in [-0.15, -0.1) is 0 Å². The summed E-state index contributed by atoms with van der Waals surface area (Å²) in [6.07, 6.45) is 1.16. The van der Waals surface area contributed by atoms with Crippen molar-refractivity contribution >= 4 is 15.9 Å². The van der Waals surface area contributed by atoms with Crippen LogP contribution in [0.3, 0.4) is 0 Å². The van der Waals surface area contributed by atoms with Crippen LogP contribution in [0.2, 0.25) is 0 Å². The van der Waals surface area contributed by atoms with E-state index in [1.165, 1.54) is 4.31 Å². The number of nitrogens with zero attached hydrogens (tertiary/aromatic N) is 2. The molecule has 1 heterocycles. The van der Waals surface area contributed by atoms with Crippen molar-refractivity contribution in [1.82, 2.24) is 9.21 Å². The summed E-state index contributed by atoms with van der Waals surface area (Å²) < 4.78 is 30.6. The summed E-state index contributed by atoms with van der Waals surface area (Å²) in [5.41, 5.74) is 1.08.